The van der Waals surface area contributed by atoms with E-state index < -0.39 is 0 Å². The molecule has 2 aromatic heterocycles. The van der Waals surface area contributed by atoms with Crippen LogP contribution in [0.3, 0.4) is 0 Å². The molecule has 0 saturated carbocycles. The smallest absolute Gasteiger partial charge is 0.233 e. The molecule has 0 fully saturated rings. The van der Waals surface area contributed by atoms with Gasteiger partial charge in [-0.2, -0.15) is 0 Å². The van der Waals surface area contributed by atoms with Crippen LogP contribution in [-0.2, 0) is 18.3 Å². The van der Waals surface area contributed by atoms with Crippen molar-refractivity contribution in [2.75, 3.05) is 20.8 Å². The maximum absolute atomic E-state index is 12.8. The van der Waals surface area contributed by atoms with E-state index in [9.17, 15) is 4.79 Å². The highest BCUT2D eigenvalue weighted by Gasteiger charge is 2.21. The fraction of sp³-hybridized carbons (Fsp3) is 0.333. The van der Waals surface area contributed by atoms with Gasteiger partial charge in [0.25, 0.3) is 0 Å². The predicted octanol–water partition coefficient (Wildman–Crippen LogP) is 3.76. The number of nitrogens with one attached hydrogen (secondary N) is 1. The van der Waals surface area contributed by atoms with E-state index in [-0.39, 0.29) is 11.2 Å². The first-order chi connectivity index (χ1) is 16.0. The Balaban J connectivity index is 1.41. The van der Waals surface area contributed by atoms with E-state index in [2.05, 4.69) is 15.5 Å². The minimum Gasteiger partial charge on any atom is -0.493 e. The van der Waals surface area contributed by atoms with Crippen molar-refractivity contribution in [1.82, 2.24) is 25.1 Å². The molecule has 2 aromatic carbocycles. The summed E-state index contributed by atoms with van der Waals surface area (Å²) < 4.78 is 12.6. The van der Waals surface area contributed by atoms with Gasteiger partial charge >= 0.3 is 0 Å². The zero-order chi connectivity index (χ0) is 23.4. The number of hydrogen-bond donors (Lipinski definition) is 1. The van der Waals surface area contributed by atoms with Crippen molar-refractivity contribution in [2.45, 2.75) is 30.2 Å². The zero-order valence-electron chi connectivity index (χ0n) is 19.2. The van der Waals surface area contributed by atoms with Crippen molar-refractivity contribution in [2.24, 2.45) is 7.05 Å². The molecular weight excluding hydrogens is 438 g/mol. The van der Waals surface area contributed by atoms with Crippen LogP contribution in [0.1, 0.15) is 18.9 Å². The van der Waals surface area contributed by atoms with Gasteiger partial charge in [-0.25, -0.2) is 4.98 Å². The van der Waals surface area contributed by atoms with Crippen LogP contribution in [0.15, 0.2) is 47.6 Å². The molecule has 2 heterocycles. The number of carbonyl (C=O) groups is 1. The van der Waals surface area contributed by atoms with Gasteiger partial charge in [0.2, 0.25) is 11.1 Å². The summed E-state index contributed by atoms with van der Waals surface area (Å²) in [5, 5.41) is 12.9. The molecule has 1 unspecified atom stereocenters. The second-order valence-corrected chi connectivity index (χ2v) is 8.76. The van der Waals surface area contributed by atoms with Crippen LogP contribution < -0.4 is 14.8 Å². The molecule has 4 aromatic rings. The molecule has 0 spiro atoms. The first-order valence-electron chi connectivity index (χ1n) is 10.8. The third-order valence-electron chi connectivity index (χ3n) is 5.56. The zero-order valence-corrected chi connectivity index (χ0v) is 20.0. The average Bonchev–Trinajstić information content (AvgIpc) is 3.13. The number of hydrogen-bond acceptors (Lipinski definition) is 7. The summed E-state index contributed by atoms with van der Waals surface area (Å²) in [7, 11) is 5.18. The van der Waals surface area contributed by atoms with Gasteiger partial charge in [-0.3, -0.25) is 4.79 Å². The third kappa shape index (κ3) is 4.73. The van der Waals surface area contributed by atoms with Gasteiger partial charge in [-0.1, -0.05) is 43.0 Å². The van der Waals surface area contributed by atoms with Crippen LogP contribution in [0, 0.1) is 0 Å². The Morgan fingerprint density at radius 2 is 1.91 bits per heavy atom. The predicted molar refractivity (Wildman–Crippen MR) is 130 cm³/mol. The number of nitrogens with zero attached hydrogens (tertiary/aromatic N) is 4. The van der Waals surface area contributed by atoms with Crippen LogP contribution in [-0.4, -0.2) is 51.7 Å². The number of aromatic nitrogens is 4. The van der Waals surface area contributed by atoms with Crippen molar-refractivity contribution >= 4 is 39.7 Å². The molecule has 9 heteroatoms. The molecule has 33 heavy (non-hydrogen) atoms. The number of rotatable bonds is 9. The Morgan fingerprint density at radius 1 is 1.12 bits per heavy atom. The van der Waals surface area contributed by atoms with E-state index in [1.165, 1.54) is 11.8 Å². The second-order valence-electron chi connectivity index (χ2n) is 7.59. The summed E-state index contributed by atoms with van der Waals surface area (Å²) in [5.41, 5.74) is 3.64. The molecule has 4 rings (SSSR count). The van der Waals surface area contributed by atoms with Crippen LogP contribution >= 0.6 is 11.8 Å². The number of fused-ring (bicyclic) bond motifs is 3. The highest BCUT2D eigenvalue weighted by atomic mass is 32.2. The third-order valence-corrected chi connectivity index (χ3v) is 6.77. The van der Waals surface area contributed by atoms with Gasteiger partial charge in [-0.15, -0.1) is 10.2 Å². The normalized spacial score (nSPS) is 12.1. The molecule has 0 aliphatic carbocycles. The largest absolute Gasteiger partial charge is 0.493 e. The fourth-order valence-electron chi connectivity index (χ4n) is 3.77. The van der Waals surface area contributed by atoms with Crippen LogP contribution in [0.25, 0.3) is 22.1 Å². The number of methoxy groups -OCH3 is 2. The first kappa shape index (κ1) is 22.8. The lowest BCUT2D eigenvalue weighted by atomic mass is 10.1. The summed E-state index contributed by atoms with van der Waals surface area (Å²) >= 11 is 1.34. The lowest BCUT2D eigenvalue weighted by Crippen LogP contribution is -2.33. The summed E-state index contributed by atoms with van der Waals surface area (Å²) in [6.45, 7) is 2.50. The van der Waals surface area contributed by atoms with E-state index in [1.54, 1.807) is 14.2 Å². The molecule has 1 atom stereocenters. The molecule has 1 N–H and O–H groups in total. The number of benzene rings is 2. The first-order valence-corrected chi connectivity index (χ1v) is 11.7. The summed E-state index contributed by atoms with van der Waals surface area (Å²) in [6, 6.07) is 13.8. The van der Waals surface area contributed by atoms with Crippen molar-refractivity contribution in [3.8, 4) is 11.5 Å². The summed E-state index contributed by atoms with van der Waals surface area (Å²) in [6.07, 6.45) is 1.34. The standard InChI is InChI=1S/C24H27N5O3S/c1-5-20(23(30)25-13-12-15-10-11-18(31-3)19(14-15)32-4)33-24-26-22-21(27-28-24)16-8-6-7-9-17(16)29(22)2/h6-11,14,20H,5,12-13H2,1-4H3,(H,25,30). The number of ether oxygens (including phenoxy) is 2. The van der Waals surface area contributed by atoms with E-state index in [0.717, 1.165) is 27.6 Å². The average molecular weight is 466 g/mol. The molecular formula is C24H27N5O3S. The molecule has 0 aliphatic heterocycles. The Kier molecular flexibility index (Phi) is 6.98. The second kappa shape index (κ2) is 10.1. The minimum absolute atomic E-state index is 0.0382. The Bertz CT molecular complexity index is 1290. The molecule has 0 bridgehead atoms. The highest BCUT2D eigenvalue weighted by molar-refractivity contribution is 8.00. The quantitative estimate of drug-likeness (QED) is 0.376. The van der Waals surface area contributed by atoms with Crippen molar-refractivity contribution in [3.05, 3.63) is 48.0 Å². The molecule has 0 saturated heterocycles. The monoisotopic (exact) mass is 465 g/mol. The van der Waals surface area contributed by atoms with E-state index in [1.807, 2.05) is 61.0 Å². The topological polar surface area (TPSA) is 91.2 Å². The summed E-state index contributed by atoms with van der Waals surface area (Å²) in [5.74, 6) is 1.32. The Hall–Kier alpha value is -3.33. The van der Waals surface area contributed by atoms with E-state index in [0.29, 0.717) is 36.0 Å². The molecule has 0 radical (unpaired) electrons. The minimum atomic E-state index is -0.302. The van der Waals surface area contributed by atoms with E-state index >= 15 is 0 Å². The van der Waals surface area contributed by atoms with Gasteiger partial charge in [-0.05, 0) is 36.6 Å². The number of carbonyl (C=O) groups excluding carboxylic acids is 1. The molecule has 0 aliphatic rings. The molecule has 8 nitrogen and oxygen atoms in total. The van der Waals surface area contributed by atoms with Crippen LogP contribution in [0.5, 0.6) is 11.5 Å². The molecule has 1 amide bonds. The van der Waals surface area contributed by atoms with E-state index in [4.69, 9.17) is 14.5 Å². The lowest BCUT2D eigenvalue weighted by molar-refractivity contribution is -0.120. The summed E-state index contributed by atoms with van der Waals surface area (Å²) in [4.78, 5) is 17.5. The van der Waals surface area contributed by atoms with Gasteiger partial charge < -0.3 is 19.4 Å². The van der Waals surface area contributed by atoms with Crippen LogP contribution in [0.2, 0.25) is 0 Å². The highest BCUT2D eigenvalue weighted by Crippen LogP contribution is 2.29. The van der Waals surface area contributed by atoms with Crippen LogP contribution in [0.4, 0.5) is 0 Å². The Labute approximate surface area is 196 Å². The van der Waals surface area contributed by atoms with Crippen molar-refractivity contribution in [3.63, 3.8) is 0 Å². The molecule has 172 valence electrons. The number of para-hydroxylation sites is 1. The number of thioether (sulfide) groups is 1. The van der Waals surface area contributed by atoms with Gasteiger partial charge in [0.05, 0.1) is 25.0 Å². The van der Waals surface area contributed by atoms with Crippen molar-refractivity contribution < 1.29 is 14.3 Å². The number of amides is 1. The SMILES string of the molecule is CCC(Sc1nnc2c3ccccc3n(C)c2n1)C(=O)NCCc1ccc(OC)c(OC)c1. The maximum atomic E-state index is 12.8. The van der Waals surface area contributed by atoms with Gasteiger partial charge in [0, 0.05) is 19.0 Å². The lowest BCUT2D eigenvalue weighted by Gasteiger charge is -2.14. The Morgan fingerprint density at radius 3 is 2.67 bits per heavy atom. The van der Waals surface area contributed by atoms with Gasteiger partial charge in [0.15, 0.2) is 17.1 Å². The maximum Gasteiger partial charge on any atom is 0.233 e. The van der Waals surface area contributed by atoms with Crippen molar-refractivity contribution in [1.29, 1.82) is 0 Å². The fourth-order valence-corrected chi connectivity index (χ4v) is 4.61. The van der Waals surface area contributed by atoms with Gasteiger partial charge in [0.1, 0.15) is 5.52 Å². The number of aryl methyl sites for hydroxylation is 1.